The van der Waals surface area contributed by atoms with Crippen molar-refractivity contribution in [2.45, 2.75) is 50.4 Å². The molecule has 138 valence electrons. The molecule has 1 atom stereocenters. The van der Waals surface area contributed by atoms with Crippen LogP contribution in [0, 0.1) is 23.7 Å². The highest BCUT2D eigenvalue weighted by Crippen LogP contribution is 2.61. The van der Waals surface area contributed by atoms with Gasteiger partial charge in [0, 0.05) is 17.4 Å². The van der Waals surface area contributed by atoms with Crippen molar-refractivity contribution in [2.75, 3.05) is 11.4 Å². The van der Waals surface area contributed by atoms with E-state index in [-0.39, 0.29) is 18.9 Å². The second-order valence-electron chi connectivity index (χ2n) is 9.11. The Kier molecular flexibility index (Phi) is 3.76. The number of carboxylic acids is 1. The lowest BCUT2D eigenvalue weighted by Crippen LogP contribution is -2.48. The average Bonchev–Trinajstić information content (AvgIpc) is 2.95. The van der Waals surface area contributed by atoms with Gasteiger partial charge in [-0.3, -0.25) is 9.59 Å². The van der Waals surface area contributed by atoms with Crippen LogP contribution in [0.3, 0.4) is 0 Å². The molecule has 0 radical (unpaired) electrons. The zero-order valence-electron chi connectivity index (χ0n) is 14.8. The molecule has 1 saturated heterocycles. The Morgan fingerprint density at radius 2 is 1.73 bits per heavy atom. The van der Waals surface area contributed by atoms with Crippen LogP contribution in [-0.2, 0) is 15.0 Å². The fourth-order valence-corrected chi connectivity index (χ4v) is 7.22. The summed E-state index contributed by atoms with van der Waals surface area (Å²) in [6.07, 6.45) is 8.32. The highest BCUT2D eigenvalue weighted by Gasteiger charge is 2.51. The molecule has 4 bridgehead atoms. The van der Waals surface area contributed by atoms with E-state index >= 15 is 0 Å². The van der Waals surface area contributed by atoms with Gasteiger partial charge in [-0.25, -0.2) is 0 Å². The second-order valence-corrected chi connectivity index (χ2v) is 9.96. The average molecular weight is 418 g/mol. The zero-order valence-corrected chi connectivity index (χ0v) is 16.4. The summed E-state index contributed by atoms with van der Waals surface area (Å²) in [5, 5.41) is 9.21. The topological polar surface area (TPSA) is 57.6 Å². The Labute approximate surface area is 162 Å². The van der Waals surface area contributed by atoms with E-state index in [2.05, 4.69) is 28.1 Å². The van der Waals surface area contributed by atoms with Gasteiger partial charge < -0.3 is 10.0 Å². The molecule has 5 heteroatoms. The van der Waals surface area contributed by atoms with Crippen LogP contribution < -0.4 is 4.90 Å². The molecule has 4 aliphatic carbocycles. The highest BCUT2D eigenvalue weighted by molar-refractivity contribution is 9.10. The first-order valence-corrected chi connectivity index (χ1v) is 10.6. The van der Waals surface area contributed by atoms with E-state index < -0.39 is 11.9 Å². The Bertz CT molecular complexity index is 754. The van der Waals surface area contributed by atoms with Gasteiger partial charge >= 0.3 is 5.97 Å². The number of nitrogens with zero attached hydrogens (tertiary/aromatic N) is 1. The largest absolute Gasteiger partial charge is 0.481 e. The van der Waals surface area contributed by atoms with Crippen LogP contribution in [0.15, 0.2) is 22.7 Å². The number of hydrogen-bond acceptors (Lipinski definition) is 2. The van der Waals surface area contributed by atoms with E-state index in [9.17, 15) is 14.7 Å². The van der Waals surface area contributed by atoms with Crippen molar-refractivity contribution in [1.82, 2.24) is 0 Å². The minimum absolute atomic E-state index is 0.0957. The van der Waals surface area contributed by atoms with Crippen molar-refractivity contribution >= 4 is 33.5 Å². The first-order chi connectivity index (χ1) is 12.4. The molecule has 0 aromatic heterocycles. The first kappa shape index (κ1) is 16.8. The standard InChI is InChI=1S/C21H24BrNO3/c22-17-7-16(21-8-12-3-13(9-21)5-14(4-12)10-21)1-2-18(17)23-11-15(20(25)26)6-19(23)24/h1-2,7,12-15H,3-6,8-11H2,(H,25,26). The lowest BCUT2D eigenvalue weighted by atomic mass is 9.48. The van der Waals surface area contributed by atoms with Crippen molar-refractivity contribution in [2.24, 2.45) is 23.7 Å². The number of carbonyl (C=O) groups is 2. The molecule has 5 aliphatic rings. The van der Waals surface area contributed by atoms with Crippen LogP contribution in [0.25, 0.3) is 0 Å². The lowest BCUT2D eigenvalue weighted by molar-refractivity contribution is -0.141. The van der Waals surface area contributed by atoms with Gasteiger partial charge in [-0.1, -0.05) is 6.07 Å². The van der Waals surface area contributed by atoms with Crippen LogP contribution in [0.2, 0.25) is 0 Å². The van der Waals surface area contributed by atoms with E-state index in [1.807, 2.05) is 6.07 Å². The number of halogens is 1. The van der Waals surface area contributed by atoms with Crippen molar-refractivity contribution in [3.05, 3.63) is 28.2 Å². The van der Waals surface area contributed by atoms with Crippen LogP contribution in [0.1, 0.15) is 50.5 Å². The van der Waals surface area contributed by atoms with Gasteiger partial charge in [0.15, 0.2) is 0 Å². The molecule has 5 fully saturated rings. The van der Waals surface area contributed by atoms with Crippen LogP contribution in [0.5, 0.6) is 0 Å². The fraction of sp³-hybridized carbons (Fsp3) is 0.619. The monoisotopic (exact) mass is 417 g/mol. The molecule has 1 aromatic carbocycles. The molecule has 1 unspecified atom stereocenters. The number of carboxylic acid groups (broad SMARTS) is 1. The van der Waals surface area contributed by atoms with Gasteiger partial charge in [-0.2, -0.15) is 0 Å². The Hall–Kier alpha value is -1.36. The van der Waals surface area contributed by atoms with E-state index in [0.717, 1.165) is 27.9 Å². The summed E-state index contributed by atoms with van der Waals surface area (Å²) in [6, 6.07) is 6.44. The summed E-state index contributed by atoms with van der Waals surface area (Å²) in [6.45, 7) is 0.267. The van der Waals surface area contributed by atoms with Gasteiger partial charge in [0.25, 0.3) is 0 Å². The maximum absolute atomic E-state index is 12.3. The molecule has 26 heavy (non-hydrogen) atoms. The smallest absolute Gasteiger partial charge is 0.308 e. The van der Waals surface area contributed by atoms with Crippen LogP contribution in [0.4, 0.5) is 5.69 Å². The molecule has 0 spiro atoms. The molecule has 6 rings (SSSR count). The molecule has 1 aliphatic heterocycles. The van der Waals surface area contributed by atoms with Crippen LogP contribution >= 0.6 is 15.9 Å². The summed E-state index contributed by atoms with van der Waals surface area (Å²) < 4.78 is 0.921. The Morgan fingerprint density at radius 3 is 2.23 bits per heavy atom. The summed E-state index contributed by atoms with van der Waals surface area (Å²) in [4.78, 5) is 25.2. The summed E-state index contributed by atoms with van der Waals surface area (Å²) in [5.74, 6) is 1.11. The molecule has 1 N–H and O–H groups in total. The van der Waals surface area contributed by atoms with Gasteiger partial charge in [0.05, 0.1) is 11.6 Å². The van der Waals surface area contributed by atoms with Crippen molar-refractivity contribution < 1.29 is 14.7 Å². The molecule has 4 saturated carbocycles. The van der Waals surface area contributed by atoms with E-state index in [1.54, 1.807) is 4.90 Å². The third-order valence-electron chi connectivity index (χ3n) is 7.36. The quantitative estimate of drug-likeness (QED) is 0.794. The zero-order chi connectivity index (χ0) is 18.1. The maximum atomic E-state index is 12.3. The molecule has 1 amide bonds. The van der Waals surface area contributed by atoms with Crippen LogP contribution in [-0.4, -0.2) is 23.5 Å². The predicted octanol–water partition coefficient (Wildman–Crippen LogP) is 4.35. The number of benzene rings is 1. The molecular weight excluding hydrogens is 394 g/mol. The number of hydrogen-bond donors (Lipinski definition) is 1. The Morgan fingerprint density at radius 1 is 1.12 bits per heavy atom. The predicted molar refractivity (Wildman–Crippen MR) is 102 cm³/mol. The number of rotatable bonds is 3. The van der Waals surface area contributed by atoms with Crippen molar-refractivity contribution in [3.8, 4) is 0 Å². The molecule has 1 aromatic rings. The first-order valence-electron chi connectivity index (χ1n) is 9.77. The molecule has 1 heterocycles. The van der Waals surface area contributed by atoms with E-state index in [4.69, 9.17) is 0 Å². The molecule has 4 nitrogen and oxygen atoms in total. The van der Waals surface area contributed by atoms with Gasteiger partial charge in [0.1, 0.15) is 0 Å². The summed E-state index contributed by atoms with van der Waals surface area (Å²) >= 11 is 3.68. The summed E-state index contributed by atoms with van der Waals surface area (Å²) in [7, 11) is 0. The van der Waals surface area contributed by atoms with E-state index in [0.29, 0.717) is 5.41 Å². The molecular formula is C21H24BrNO3. The number of anilines is 1. The third kappa shape index (κ3) is 2.54. The SMILES string of the molecule is O=C(O)C1CC(=O)N(c2ccc(C34CC5CC(CC(C5)C3)C4)cc2Br)C1. The normalized spacial score (nSPS) is 38.2. The third-order valence-corrected chi connectivity index (χ3v) is 8.00. The lowest BCUT2D eigenvalue weighted by Gasteiger charge is -2.57. The fourth-order valence-electron chi connectivity index (χ4n) is 6.63. The second kappa shape index (κ2) is 5.82. The highest BCUT2D eigenvalue weighted by atomic mass is 79.9. The van der Waals surface area contributed by atoms with Crippen molar-refractivity contribution in [3.63, 3.8) is 0 Å². The maximum Gasteiger partial charge on any atom is 0.308 e. The van der Waals surface area contributed by atoms with E-state index in [1.165, 1.54) is 44.1 Å². The number of carbonyl (C=O) groups excluding carboxylic acids is 1. The van der Waals surface area contributed by atoms with Gasteiger partial charge in [-0.15, -0.1) is 0 Å². The minimum atomic E-state index is -0.887. The van der Waals surface area contributed by atoms with Crippen molar-refractivity contribution in [1.29, 1.82) is 0 Å². The van der Waals surface area contributed by atoms with Gasteiger partial charge in [0.2, 0.25) is 5.91 Å². The summed E-state index contributed by atoms with van der Waals surface area (Å²) in [5.41, 5.74) is 2.55. The minimum Gasteiger partial charge on any atom is -0.481 e. The Balaban J connectivity index is 1.44. The number of amides is 1. The number of aliphatic carboxylic acids is 1. The van der Waals surface area contributed by atoms with Gasteiger partial charge in [-0.05, 0) is 95.3 Å².